The molecule has 9 nitrogen and oxygen atoms in total. The standard InChI is InChI=1S/C30H26N2O7/c1-38-25-11-8-20(14-26(25)39-21-4-2-3-5-21)31-16-19-12-17(6-9-22(19)27(31)33)15-32-28(34)23-10-7-18(30(36)37)13-24(23)29(32)35/h6-14,21H,2-5,15-16H2,1H3,(H,36,37). The fourth-order valence-electron chi connectivity index (χ4n) is 5.54. The molecule has 3 aromatic carbocycles. The molecule has 9 heteroatoms. The highest BCUT2D eigenvalue weighted by molar-refractivity contribution is 6.21. The Hall–Kier alpha value is -4.66. The number of amides is 3. The molecule has 1 N–H and O–H groups in total. The number of benzene rings is 3. The Morgan fingerprint density at radius 1 is 0.872 bits per heavy atom. The minimum absolute atomic E-state index is 0.0120. The van der Waals surface area contributed by atoms with Gasteiger partial charge in [-0.1, -0.05) is 12.1 Å². The van der Waals surface area contributed by atoms with E-state index in [0.29, 0.717) is 34.9 Å². The predicted molar refractivity (Wildman–Crippen MR) is 140 cm³/mol. The van der Waals surface area contributed by atoms with E-state index in [0.717, 1.165) is 36.1 Å². The van der Waals surface area contributed by atoms with Crippen LogP contribution in [-0.4, -0.2) is 46.9 Å². The van der Waals surface area contributed by atoms with Gasteiger partial charge in [0.05, 0.1) is 43.0 Å². The number of carbonyl (C=O) groups is 4. The molecular weight excluding hydrogens is 500 g/mol. The lowest BCUT2D eigenvalue weighted by Crippen LogP contribution is -2.29. The van der Waals surface area contributed by atoms with Gasteiger partial charge in [-0.15, -0.1) is 0 Å². The number of hydrogen-bond donors (Lipinski definition) is 1. The normalized spacial score (nSPS) is 16.6. The maximum atomic E-state index is 13.3. The van der Waals surface area contributed by atoms with Crippen molar-refractivity contribution in [2.45, 2.75) is 44.9 Å². The summed E-state index contributed by atoms with van der Waals surface area (Å²) in [6, 6.07) is 14.7. The Bertz CT molecular complexity index is 1540. The van der Waals surface area contributed by atoms with E-state index in [-0.39, 0.29) is 35.2 Å². The number of fused-ring (bicyclic) bond motifs is 2. The lowest BCUT2D eigenvalue weighted by molar-refractivity contribution is 0.0640. The zero-order valence-corrected chi connectivity index (χ0v) is 21.3. The van der Waals surface area contributed by atoms with E-state index in [1.807, 2.05) is 18.2 Å². The topological polar surface area (TPSA) is 113 Å². The van der Waals surface area contributed by atoms with Crippen LogP contribution >= 0.6 is 0 Å². The zero-order valence-electron chi connectivity index (χ0n) is 21.3. The first-order valence-corrected chi connectivity index (χ1v) is 12.9. The van der Waals surface area contributed by atoms with E-state index in [2.05, 4.69) is 0 Å². The number of rotatable bonds is 7. The van der Waals surface area contributed by atoms with E-state index < -0.39 is 17.8 Å². The van der Waals surface area contributed by atoms with Crippen LogP contribution in [0.25, 0.3) is 0 Å². The van der Waals surface area contributed by atoms with Crippen LogP contribution in [0.2, 0.25) is 0 Å². The van der Waals surface area contributed by atoms with Gasteiger partial charge in [-0.2, -0.15) is 0 Å². The molecule has 6 rings (SSSR count). The summed E-state index contributed by atoms with van der Waals surface area (Å²) < 4.78 is 11.7. The van der Waals surface area contributed by atoms with Gasteiger partial charge >= 0.3 is 5.97 Å². The predicted octanol–water partition coefficient (Wildman–Crippen LogP) is 4.67. The first-order chi connectivity index (χ1) is 18.8. The maximum Gasteiger partial charge on any atom is 0.335 e. The number of ether oxygens (including phenoxy) is 2. The van der Waals surface area contributed by atoms with Crippen LogP contribution in [0.5, 0.6) is 11.5 Å². The first kappa shape index (κ1) is 24.7. The molecule has 198 valence electrons. The Kier molecular flexibility index (Phi) is 6.06. The minimum Gasteiger partial charge on any atom is -0.493 e. The quantitative estimate of drug-likeness (QED) is 0.445. The molecule has 0 radical (unpaired) electrons. The second kappa shape index (κ2) is 9.58. The molecule has 3 aromatic rings. The van der Waals surface area contributed by atoms with Crippen molar-refractivity contribution in [1.82, 2.24) is 4.90 Å². The summed E-state index contributed by atoms with van der Waals surface area (Å²) in [5.74, 6) is -1.09. The van der Waals surface area contributed by atoms with Gasteiger partial charge in [-0.3, -0.25) is 19.3 Å². The van der Waals surface area contributed by atoms with Gasteiger partial charge < -0.3 is 19.5 Å². The molecule has 0 aromatic heterocycles. The summed E-state index contributed by atoms with van der Waals surface area (Å²) in [4.78, 5) is 53.2. The summed E-state index contributed by atoms with van der Waals surface area (Å²) in [6.45, 7) is 0.347. The van der Waals surface area contributed by atoms with Gasteiger partial charge in [0.1, 0.15) is 0 Å². The van der Waals surface area contributed by atoms with Crippen molar-refractivity contribution in [3.05, 3.63) is 88.0 Å². The van der Waals surface area contributed by atoms with E-state index in [1.54, 1.807) is 30.2 Å². The number of carboxylic acids is 1. The number of anilines is 1. The van der Waals surface area contributed by atoms with Crippen LogP contribution in [0.15, 0.2) is 54.6 Å². The molecule has 0 unspecified atom stereocenters. The highest BCUT2D eigenvalue weighted by atomic mass is 16.5. The minimum atomic E-state index is -1.17. The number of carbonyl (C=O) groups excluding carboxylic acids is 3. The van der Waals surface area contributed by atoms with Crippen molar-refractivity contribution >= 4 is 29.4 Å². The molecule has 0 bridgehead atoms. The van der Waals surface area contributed by atoms with E-state index >= 15 is 0 Å². The molecule has 1 saturated carbocycles. The lowest BCUT2D eigenvalue weighted by Gasteiger charge is -2.20. The average Bonchev–Trinajstić information content (AvgIpc) is 3.63. The fraction of sp³-hybridized carbons (Fsp3) is 0.267. The van der Waals surface area contributed by atoms with Crippen molar-refractivity contribution < 1.29 is 33.8 Å². The van der Waals surface area contributed by atoms with Crippen LogP contribution in [0.4, 0.5) is 5.69 Å². The third-order valence-corrected chi connectivity index (χ3v) is 7.59. The number of hydrogen-bond acceptors (Lipinski definition) is 6. The Labute approximate surface area is 224 Å². The van der Waals surface area contributed by atoms with Crippen molar-refractivity contribution in [2.24, 2.45) is 0 Å². The number of nitrogens with zero attached hydrogens (tertiary/aromatic N) is 2. The molecule has 3 amide bonds. The highest BCUT2D eigenvalue weighted by Crippen LogP contribution is 2.38. The van der Waals surface area contributed by atoms with Crippen molar-refractivity contribution in [2.75, 3.05) is 12.0 Å². The van der Waals surface area contributed by atoms with Gasteiger partial charge in [-0.25, -0.2) is 4.79 Å². The third kappa shape index (κ3) is 4.29. The molecule has 1 aliphatic carbocycles. The molecule has 0 saturated heterocycles. The van der Waals surface area contributed by atoms with Crippen LogP contribution in [0.1, 0.15) is 78.2 Å². The summed E-state index contributed by atoms with van der Waals surface area (Å²) in [5, 5.41) is 9.23. The van der Waals surface area contributed by atoms with Gasteiger partial charge in [0.15, 0.2) is 11.5 Å². The molecule has 2 aliphatic heterocycles. The van der Waals surface area contributed by atoms with Crippen LogP contribution in [0.3, 0.4) is 0 Å². The number of imide groups is 1. The van der Waals surface area contributed by atoms with Crippen LogP contribution < -0.4 is 14.4 Å². The average molecular weight is 527 g/mol. The van der Waals surface area contributed by atoms with Crippen LogP contribution in [0, 0.1) is 0 Å². The number of methoxy groups -OCH3 is 1. The Morgan fingerprint density at radius 2 is 1.62 bits per heavy atom. The first-order valence-electron chi connectivity index (χ1n) is 12.9. The molecule has 39 heavy (non-hydrogen) atoms. The van der Waals surface area contributed by atoms with Crippen molar-refractivity contribution in [1.29, 1.82) is 0 Å². The van der Waals surface area contributed by atoms with Gasteiger partial charge in [0.25, 0.3) is 17.7 Å². The second-order valence-electron chi connectivity index (χ2n) is 10.0. The van der Waals surface area contributed by atoms with Gasteiger partial charge in [0.2, 0.25) is 0 Å². The smallest absolute Gasteiger partial charge is 0.335 e. The van der Waals surface area contributed by atoms with Gasteiger partial charge in [0, 0.05) is 17.3 Å². The van der Waals surface area contributed by atoms with Crippen molar-refractivity contribution in [3.63, 3.8) is 0 Å². The lowest BCUT2D eigenvalue weighted by atomic mass is 10.1. The molecule has 3 aliphatic rings. The maximum absolute atomic E-state index is 13.3. The van der Waals surface area contributed by atoms with E-state index in [9.17, 15) is 24.3 Å². The van der Waals surface area contributed by atoms with E-state index in [4.69, 9.17) is 9.47 Å². The second-order valence-corrected chi connectivity index (χ2v) is 10.0. The zero-order chi connectivity index (χ0) is 27.3. The van der Waals surface area contributed by atoms with E-state index in [1.165, 1.54) is 18.2 Å². The molecule has 0 spiro atoms. The number of aromatic carboxylic acids is 1. The highest BCUT2D eigenvalue weighted by Gasteiger charge is 2.37. The summed E-state index contributed by atoms with van der Waals surface area (Å²) in [6.07, 6.45) is 4.41. The molecule has 2 heterocycles. The van der Waals surface area contributed by atoms with Gasteiger partial charge in [-0.05, 0) is 73.2 Å². The fourth-order valence-corrected chi connectivity index (χ4v) is 5.54. The molecular formula is C30H26N2O7. The third-order valence-electron chi connectivity index (χ3n) is 7.59. The monoisotopic (exact) mass is 526 g/mol. The molecule has 0 atom stereocenters. The summed E-state index contributed by atoms with van der Waals surface area (Å²) in [7, 11) is 1.59. The summed E-state index contributed by atoms with van der Waals surface area (Å²) >= 11 is 0. The van der Waals surface area contributed by atoms with Crippen molar-refractivity contribution in [3.8, 4) is 11.5 Å². The Balaban J connectivity index is 1.22. The summed E-state index contributed by atoms with van der Waals surface area (Å²) in [5.41, 5.74) is 2.94. The number of carboxylic acid groups (broad SMARTS) is 1. The molecule has 1 fully saturated rings. The largest absolute Gasteiger partial charge is 0.493 e. The van der Waals surface area contributed by atoms with Crippen LogP contribution in [-0.2, 0) is 13.1 Å². The SMILES string of the molecule is COc1ccc(N2Cc3cc(CN4C(=O)c5ccc(C(=O)O)cc5C4=O)ccc3C2=O)cc1OC1CCCC1. The Morgan fingerprint density at radius 3 is 2.36 bits per heavy atom.